The Morgan fingerprint density at radius 2 is 2.10 bits per heavy atom. The van der Waals surface area contributed by atoms with Crippen molar-refractivity contribution in [1.82, 2.24) is 25.1 Å². The summed E-state index contributed by atoms with van der Waals surface area (Å²) >= 11 is 0. The Balaban J connectivity index is 1.84. The molecule has 0 amide bonds. The highest BCUT2D eigenvalue weighted by Crippen LogP contribution is 2.26. The number of H-pyrrole nitrogens is 1. The lowest BCUT2D eigenvalue weighted by Crippen LogP contribution is -2.28. The minimum atomic E-state index is -0.153. The van der Waals surface area contributed by atoms with Crippen LogP contribution in [0.2, 0.25) is 0 Å². The predicted molar refractivity (Wildman–Crippen MR) is 113 cm³/mol. The van der Waals surface area contributed by atoms with Crippen LogP contribution in [-0.2, 0) is 0 Å². The van der Waals surface area contributed by atoms with Crippen LogP contribution < -0.4 is 15.6 Å². The van der Waals surface area contributed by atoms with Gasteiger partial charge in [-0.2, -0.15) is 5.10 Å². The van der Waals surface area contributed by atoms with Crippen LogP contribution in [-0.4, -0.2) is 40.5 Å². The molecule has 4 rings (SSSR count). The van der Waals surface area contributed by atoms with E-state index in [1.807, 2.05) is 55.7 Å². The number of methoxy groups -OCH3 is 1. The van der Waals surface area contributed by atoms with Gasteiger partial charge in [-0.3, -0.25) is 14.5 Å². The minimum Gasteiger partial charge on any atom is -0.497 e. The van der Waals surface area contributed by atoms with Gasteiger partial charge < -0.3 is 10.1 Å². The highest BCUT2D eigenvalue weighted by atomic mass is 16.5. The number of nitrogens with zero attached hydrogens (tertiary/aromatic N) is 3. The minimum absolute atomic E-state index is 0.0655. The van der Waals surface area contributed by atoms with Gasteiger partial charge in [0, 0.05) is 11.8 Å². The zero-order valence-electron chi connectivity index (χ0n) is 16.4. The van der Waals surface area contributed by atoms with Crippen molar-refractivity contribution in [2.24, 2.45) is 0 Å². The zero-order chi connectivity index (χ0) is 20.2. The van der Waals surface area contributed by atoms with Gasteiger partial charge in [0.25, 0.3) is 5.56 Å². The van der Waals surface area contributed by atoms with Crippen LogP contribution in [0.4, 0.5) is 0 Å². The molecule has 0 saturated carbocycles. The van der Waals surface area contributed by atoms with Crippen molar-refractivity contribution in [3.8, 4) is 16.9 Å². The van der Waals surface area contributed by atoms with Gasteiger partial charge in [-0.25, -0.2) is 4.98 Å². The summed E-state index contributed by atoms with van der Waals surface area (Å²) in [5.41, 5.74) is 3.48. The van der Waals surface area contributed by atoms with Crippen molar-refractivity contribution in [3.05, 3.63) is 77.1 Å². The van der Waals surface area contributed by atoms with Crippen LogP contribution in [0.1, 0.15) is 18.0 Å². The molecule has 2 aromatic heterocycles. The molecule has 1 unspecified atom stereocenters. The Morgan fingerprint density at radius 3 is 2.86 bits per heavy atom. The van der Waals surface area contributed by atoms with Crippen LogP contribution in [0.25, 0.3) is 22.0 Å². The van der Waals surface area contributed by atoms with Crippen LogP contribution in [0.15, 0.2) is 66.0 Å². The van der Waals surface area contributed by atoms with Gasteiger partial charge in [0.15, 0.2) is 0 Å². The number of ether oxygens (including phenoxy) is 1. The standard InChI is InChI=1S/C22H23N5O2/c1-23-9-8-21(16-4-3-5-18(10-16)29-2)27-14-24-20-7-6-15(11-19(20)22(27)28)17-12-25-26-13-17/h3-7,10-14,21,23H,8-9H2,1-2H3,(H,25,26). The third-order valence-electron chi connectivity index (χ3n) is 5.10. The molecule has 0 aliphatic carbocycles. The van der Waals surface area contributed by atoms with E-state index in [1.165, 1.54) is 0 Å². The highest BCUT2D eigenvalue weighted by Gasteiger charge is 2.18. The van der Waals surface area contributed by atoms with E-state index in [-0.39, 0.29) is 11.6 Å². The molecule has 4 aromatic rings. The molecule has 1 atom stereocenters. The first-order valence-corrected chi connectivity index (χ1v) is 9.50. The van der Waals surface area contributed by atoms with E-state index in [1.54, 1.807) is 24.2 Å². The second-order valence-electron chi connectivity index (χ2n) is 6.86. The van der Waals surface area contributed by atoms with Gasteiger partial charge in [-0.05, 0) is 55.4 Å². The Kier molecular flexibility index (Phi) is 5.39. The highest BCUT2D eigenvalue weighted by molar-refractivity contribution is 5.83. The quantitative estimate of drug-likeness (QED) is 0.508. The van der Waals surface area contributed by atoms with E-state index in [2.05, 4.69) is 20.5 Å². The number of fused-ring (bicyclic) bond motifs is 1. The summed E-state index contributed by atoms with van der Waals surface area (Å²) in [6, 6.07) is 13.4. The van der Waals surface area contributed by atoms with Gasteiger partial charge in [0.1, 0.15) is 5.75 Å². The Morgan fingerprint density at radius 1 is 1.21 bits per heavy atom. The molecule has 0 fully saturated rings. The second kappa shape index (κ2) is 8.28. The molecular weight excluding hydrogens is 366 g/mol. The molecule has 2 heterocycles. The first-order valence-electron chi connectivity index (χ1n) is 9.50. The van der Waals surface area contributed by atoms with Gasteiger partial charge in [0.2, 0.25) is 0 Å². The number of aromatic nitrogens is 4. The molecule has 29 heavy (non-hydrogen) atoms. The average Bonchev–Trinajstić information content (AvgIpc) is 3.30. The fourth-order valence-electron chi connectivity index (χ4n) is 3.54. The molecule has 0 saturated heterocycles. The van der Waals surface area contributed by atoms with Crippen molar-refractivity contribution in [2.45, 2.75) is 12.5 Å². The summed E-state index contributed by atoms with van der Waals surface area (Å²) in [4.78, 5) is 18.0. The third-order valence-corrected chi connectivity index (χ3v) is 5.10. The van der Waals surface area contributed by atoms with Crippen molar-refractivity contribution in [3.63, 3.8) is 0 Å². The average molecular weight is 389 g/mol. The normalized spacial score (nSPS) is 12.2. The third kappa shape index (κ3) is 3.77. The summed E-state index contributed by atoms with van der Waals surface area (Å²) in [6.07, 6.45) is 5.93. The maximum atomic E-state index is 13.4. The Hall–Kier alpha value is -3.45. The molecule has 0 radical (unpaired) electrons. The van der Waals surface area contributed by atoms with Crippen LogP contribution in [0.5, 0.6) is 5.75 Å². The van der Waals surface area contributed by atoms with E-state index in [0.29, 0.717) is 10.9 Å². The molecule has 0 spiro atoms. The topological polar surface area (TPSA) is 84.8 Å². The SMILES string of the molecule is CNCCC(c1cccc(OC)c1)n1cnc2ccc(-c3cn[nH]c3)cc2c1=O. The molecule has 148 valence electrons. The van der Waals surface area contributed by atoms with Crippen LogP contribution in [0, 0.1) is 0 Å². The van der Waals surface area contributed by atoms with E-state index < -0.39 is 0 Å². The molecule has 0 bridgehead atoms. The largest absolute Gasteiger partial charge is 0.497 e. The smallest absolute Gasteiger partial charge is 0.261 e. The molecule has 0 aliphatic heterocycles. The number of rotatable bonds is 7. The van der Waals surface area contributed by atoms with Crippen LogP contribution >= 0.6 is 0 Å². The summed E-state index contributed by atoms with van der Waals surface area (Å²) in [5, 5.41) is 10.6. The van der Waals surface area contributed by atoms with E-state index in [0.717, 1.165) is 35.4 Å². The Labute approximate surface area is 168 Å². The summed E-state index contributed by atoms with van der Waals surface area (Å²) in [6.45, 7) is 0.765. The monoisotopic (exact) mass is 389 g/mol. The lowest BCUT2D eigenvalue weighted by molar-refractivity contribution is 0.412. The molecule has 0 aliphatic rings. The molecular formula is C22H23N5O2. The lowest BCUT2D eigenvalue weighted by atomic mass is 10.0. The molecule has 7 nitrogen and oxygen atoms in total. The first kappa shape index (κ1) is 18.9. The predicted octanol–water partition coefficient (Wildman–Crippen LogP) is 2.99. The van der Waals surface area contributed by atoms with Crippen molar-refractivity contribution in [2.75, 3.05) is 20.7 Å². The van der Waals surface area contributed by atoms with Gasteiger partial charge in [0.05, 0.1) is 36.6 Å². The number of benzene rings is 2. The Bertz CT molecular complexity index is 1170. The summed E-state index contributed by atoms with van der Waals surface area (Å²) in [7, 11) is 3.55. The summed E-state index contributed by atoms with van der Waals surface area (Å²) < 4.78 is 7.09. The van der Waals surface area contributed by atoms with Crippen LogP contribution in [0.3, 0.4) is 0 Å². The molecule has 7 heteroatoms. The number of aromatic amines is 1. The maximum absolute atomic E-state index is 13.4. The van der Waals surface area contributed by atoms with Gasteiger partial charge >= 0.3 is 0 Å². The number of hydrogen-bond donors (Lipinski definition) is 2. The fourth-order valence-corrected chi connectivity index (χ4v) is 3.54. The van der Waals surface area contributed by atoms with E-state index in [4.69, 9.17) is 4.74 Å². The zero-order valence-corrected chi connectivity index (χ0v) is 16.4. The van der Waals surface area contributed by atoms with Crippen molar-refractivity contribution in [1.29, 1.82) is 0 Å². The first-order chi connectivity index (χ1) is 14.2. The maximum Gasteiger partial charge on any atom is 0.261 e. The molecule has 2 N–H and O–H groups in total. The van der Waals surface area contributed by atoms with E-state index >= 15 is 0 Å². The summed E-state index contributed by atoms with van der Waals surface area (Å²) in [5.74, 6) is 0.765. The van der Waals surface area contributed by atoms with Gasteiger partial charge in [-0.1, -0.05) is 18.2 Å². The van der Waals surface area contributed by atoms with Crippen molar-refractivity contribution >= 4 is 10.9 Å². The number of nitrogens with one attached hydrogen (secondary N) is 2. The second-order valence-corrected chi connectivity index (χ2v) is 6.86. The van der Waals surface area contributed by atoms with E-state index in [9.17, 15) is 4.79 Å². The lowest BCUT2D eigenvalue weighted by Gasteiger charge is -2.21. The molecule has 2 aromatic carbocycles. The van der Waals surface area contributed by atoms with Gasteiger partial charge in [-0.15, -0.1) is 0 Å². The van der Waals surface area contributed by atoms with Crippen molar-refractivity contribution < 1.29 is 4.74 Å². The number of hydrogen-bond acceptors (Lipinski definition) is 5. The fraction of sp³-hybridized carbons (Fsp3) is 0.227.